The zero-order chi connectivity index (χ0) is 11.8. The minimum Gasteiger partial charge on any atom is -0.373 e. The second-order valence-corrected chi connectivity index (χ2v) is 5.49. The third kappa shape index (κ3) is 2.32. The average Bonchev–Trinajstić information content (AvgIpc) is 2.91. The van der Waals surface area contributed by atoms with Crippen LogP contribution in [0.3, 0.4) is 0 Å². The molecule has 3 rings (SSSR count). The van der Waals surface area contributed by atoms with E-state index in [2.05, 4.69) is 22.9 Å². The Balaban J connectivity index is 1.50. The molecule has 0 radical (unpaired) electrons. The van der Waals surface area contributed by atoms with Crippen LogP contribution >= 0.6 is 0 Å². The lowest BCUT2D eigenvalue weighted by Crippen LogP contribution is -2.60. The summed E-state index contributed by atoms with van der Waals surface area (Å²) in [5.74, 6) is 0.116. The van der Waals surface area contributed by atoms with Gasteiger partial charge in [0.15, 0.2) is 0 Å². The molecule has 0 spiro atoms. The molecule has 17 heavy (non-hydrogen) atoms. The van der Waals surface area contributed by atoms with E-state index in [0.717, 1.165) is 25.8 Å². The predicted molar refractivity (Wildman–Crippen MR) is 63.7 cm³/mol. The van der Waals surface area contributed by atoms with Gasteiger partial charge in [0.1, 0.15) is 0 Å². The topological polar surface area (TPSA) is 62.4 Å². The molecule has 96 valence electrons. The van der Waals surface area contributed by atoms with Crippen LogP contribution < -0.4 is 16.0 Å². The van der Waals surface area contributed by atoms with Crippen LogP contribution in [0.2, 0.25) is 0 Å². The third-order valence-corrected chi connectivity index (χ3v) is 4.09. The van der Waals surface area contributed by atoms with Gasteiger partial charge in [-0.3, -0.25) is 4.79 Å². The SMILES string of the molecule is CC1CNC(C(=O)NC2CC3CCC2O3)CN1. The molecule has 5 atom stereocenters. The zero-order valence-electron chi connectivity index (χ0n) is 10.2. The fourth-order valence-electron chi connectivity index (χ4n) is 3.04. The molecule has 2 bridgehead atoms. The minimum absolute atomic E-state index is 0.0923. The molecule has 0 aromatic heterocycles. The Labute approximate surface area is 102 Å². The van der Waals surface area contributed by atoms with Gasteiger partial charge in [0.25, 0.3) is 0 Å². The number of hydrogen-bond acceptors (Lipinski definition) is 4. The Morgan fingerprint density at radius 1 is 1.29 bits per heavy atom. The molecule has 3 fully saturated rings. The van der Waals surface area contributed by atoms with Gasteiger partial charge in [-0.15, -0.1) is 0 Å². The molecule has 5 heteroatoms. The number of piperazine rings is 1. The number of hydrogen-bond donors (Lipinski definition) is 3. The minimum atomic E-state index is -0.0923. The quantitative estimate of drug-likeness (QED) is 0.600. The molecule has 3 N–H and O–H groups in total. The van der Waals surface area contributed by atoms with E-state index in [4.69, 9.17) is 4.74 Å². The number of nitrogens with one attached hydrogen (secondary N) is 3. The van der Waals surface area contributed by atoms with Crippen molar-refractivity contribution < 1.29 is 9.53 Å². The molecule has 3 saturated heterocycles. The summed E-state index contributed by atoms with van der Waals surface area (Å²) >= 11 is 0. The Morgan fingerprint density at radius 3 is 2.76 bits per heavy atom. The summed E-state index contributed by atoms with van der Waals surface area (Å²) in [7, 11) is 0. The molecule has 5 unspecified atom stereocenters. The number of carbonyl (C=O) groups excluding carboxylic acids is 1. The van der Waals surface area contributed by atoms with Crippen molar-refractivity contribution in [1.29, 1.82) is 0 Å². The van der Waals surface area contributed by atoms with Gasteiger partial charge in [0, 0.05) is 19.1 Å². The molecule has 0 saturated carbocycles. The second kappa shape index (κ2) is 4.55. The van der Waals surface area contributed by atoms with Crippen molar-refractivity contribution in [1.82, 2.24) is 16.0 Å². The Hall–Kier alpha value is -0.650. The van der Waals surface area contributed by atoms with Gasteiger partial charge < -0.3 is 20.7 Å². The van der Waals surface area contributed by atoms with Gasteiger partial charge >= 0.3 is 0 Å². The zero-order valence-corrected chi connectivity index (χ0v) is 10.2. The van der Waals surface area contributed by atoms with E-state index in [-0.39, 0.29) is 24.1 Å². The van der Waals surface area contributed by atoms with Crippen molar-refractivity contribution in [2.75, 3.05) is 13.1 Å². The third-order valence-electron chi connectivity index (χ3n) is 4.09. The van der Waals surface area contributed by atoms with E-state index in [1.807, 2.05) is 0 Å². The Bertz CT molecular complexity index is 302. The van der Waals surface area contributed by atoms with Crippen LogP contribution in [-0.2, 0) is 9.53 Å². The van der Waals surface area contributed by atoms with Crippen molar-refractivity contribution in [2.45, 2.75) is 56.5 Å². The van der Waals surface area contributed by atoms with E-state index in [1.165, 1.54) is 0 Å². The van der Waals surface area contributed by atoms with Crippen LogP contribution in [0.5, 0.6) is 0 Å². The molecule has 0 aromatic carbocycles. The summed E-state index contributed by atoms with van der Waals surface area (Å²) in [4.78, 5) is 12.1. The highest BCUT2D eigenvalue weighted by Gasteiger charge is 2.42. The summed E-state index contributed by atoms with van der Waals surface area (Å²) in [5.41, 5.74) is 0. The predicted octanol–water partition coefficient (Wildman–Crippen LogP) is -0.628. The second-order valence-electron chi connectivity index (χ2n) is 5.49. The van der Waals surface area contributed by atoms with Crippen molar-refractivity contribution in [3.8, 4) is 0 Å². The lowest BCUT2D eigenvalue weighted by atomic mass is 9.95. The maximum atomic E-state index is 12.1. The van der Waals surface area contributed by atoms with Gasteiger partial charge in [-0.1, -0.05) is 0 Å². The van der Waals surface area contributed by atoms with E-state index < -0.39 is 0 Å². The first kappa shape index (κ1) is 11.4. The molecule has 3 aliphatic rings. The smallest absolute Gasteiger partial charge is 0.238 e. The highest BCUT2D eigenvalue weighted by atomic mass is 16.5. The van der Waals surface area contributed by atoms with E-state index in [9.17, 15) is 4.79 Å². The normalized spacial score (nSPS) is 44.9. The van der Waals surface area contributed by atoms with Gasteiger partial charge in [-0.25, -0.2) is 0 Å². The van der Waals surface area contributed by atoms with E-state index >= 15 is 0 Å². The molecule has 0 aromatic rings. The Morgan fingerprint density at radius 2 is 2.18 bits per heavy atom. The number of ether oxygens (including phenoxy) is 1. The summed E-state index contributed by atoms with van der Waals surface area (Å²) in [6, 6.07) is 0.595. The van der Waals surface area contributed by atoms with E-state index in [1.54, 1.807) is 0 Å². The standard InChI is InChI=1S/C12H21N3O2/c1-7-5-14-10(6-13-7)12(16)15-9-4-8-2-3-11(9)17-8/h7-11,13-14H,2-6H2,1H3,(H,15,16). The van der Waals surface area contributed by atoms with Gasteiger partial charge in [-0.2, -0.15) is 0 Å². The number of amides is 1. The average molecular weight is 239 g/mol. The lowest BCUT2D eigenvalue weighted by Gasteiger charge is -2.30. The summed E-state index contributed by atoms with van der Waals surface area (Å²) < 4.78 is 5.74. The number of carbonyl (C=O) groups is 1. The van der Waals surface area contributed by atoms with Crippen LogP contribution in [0, 0.1) is 0 Å². The van der Waals surface area contributed by atoms with Crippen LogP contribution in [0.1, 0.15) is 26.2 Å². The van der Waals surface area contributed by atoms with Crippen molar-refractivity contribution in [3.05, 3.63) is 0 Å². The maximum Gasteiger partial charge on any atom is 0.238 e. The first-order chi connectivity index (χ1) is 8.22. The molecular weight excluding hydrogens is 218 g/mol. The fourth-order valence-corrected chi connectivity index (χ4v) is 3.04. The van der Waals surface area contributed by atoms with Gasteiger partial charge in [-0.05, 0) is 26.2 Å². The molecule has 1 amide bonds. The molecule has 3 aliphatic heterocycles. The van der Waals surface area contributed by atoms with E-state index in [0.29, 0.717) is 18.7 Å². The number of fused-ring (bicyclic) bond motifs is 2. The van der Waals surface area contributed by atoms with Crippen LogP contribution in [0.4, 0.5) is 0 Å². The Kier molecular flexibility index (Phi) is 3.06. The van der Waals surface area contributed by atoms with Crippen LogP contribution in [0.15, 0.2) is 0 Å². The summed E-state index contributed by atoms with van der Waals surface area (Å²) in [6.45, 7) is 3.69. The van der Waals surface area contributed by atoms with Crippen LogP contribution in [-0.4, -0.2) is 49.3 Å². The van der Waals surface area contributed by atoms with Crippen LogP contribution in [0.25, 0.3) is 0 Å². The molecule has 5 nitrogen and oxygen atoms in total. The first-order valence-corrected chi connectivity index (χ1v) is 6.65. The van der Waals surface area contributed by atoms with Gasteiger partial charge in [0.2, 0.25) is 5.91 Å². The highest BCUT2D eigenvalue weighted by molar-refractivity contribution is 5.82. The summed E-state index contributed by atoms with van der Waals surface area (Å²) in [5, 5.41) is 9.72. The number of rotatable bonds is 2. The van der Waals surface area contributed by atoms with Crippen molar-refractivity contribution in [3.63, 3.8) is 0 Å². The first-order valence-electron chi connectivity index (χ1n) is 6.65. The monoisotopic (exact) mass is 239 g/mol. The molecular formula is C12H21N3O2. The molecule has 3 heterocycles. The van der Waals surface area contributed by atoms with Gasteiger partial charge in [0.05, 0.1) is 24.3 Å². The van der Waals surface area contributed by atoms with Crippen molar-refractivity contribution in [2.24, 2.45) is 0 Å². The fraction of sp³-hybridized carbons (Fsp3) is 0.917. The summed E-state index contributed by atoms with van der Waals surface area (Å²) in [6.07, 6.45) is 3.91. The highest BCUT2D eigenvalue weighted by Crippen LogP contribution is 2.34. The molecule has 0 aliphatic carbocycles. The largest absolute Gasteiger partial charge is 0.373 e. The van der Waals surface area contributed by atoms with Crippen molar-refractivity contribution >= 4 is 5.91 Å². The maximum absolute atomic E-state index is 12.1. The lowest BCUT2D eigenvalue weighted by molar-refractivity contribution is -0.124.